The number of thiazole rings is 1. The first-order chi connectivity index (χ1) is 14.0. The Kier molecular flexibility index (Phi) is 5.26. The van der Waals surface area contributed by atoms with Gasteiger partial charge in [-0.25, -0.2) is 4.98 Å². The first-order valence-electron chi connectivity index (χ1n) is 9.13. The molecule has 4 rings (SSSR count). The zero-order chi connectivity index (χ0) is 20.4. The maximum absolute atomic E-state index is 12.5. The van der Waals surface area contributed by atoms with E-state index in [2.05, 4.69) is 10.1 Å². The normalized spacial score (nSPS) is 12.2. The van der Waals surface area contributed by atoms with Crippen LogP contribution in [0.4, 0.5) is 0 Å². The van der Waals surface area contributed by atoms with Crippen molar-refractivity contribution in [3.63, 3.8) is 0 Å². The Balaban J connectivity index is 1.35. The molecule has 7 nitrogen and oxygen atoms in total. The predicted molar refractivity (Wildman–Crippen MR) is 109 cm³/mol. The highest BCUT2D eigenvalue weighted by atomic mass is 32.1. The third-order valence-corrected chi connectivity index (χ3v) is 5.97. The molecule has 0 fully saturated rings. The van der Waals surface area contributed by atoms with Crippen LogP contribution in [0.2, 0.25) is 0 Å². The number of para-hydroxylation sites is 2. The number of fused-ring (bicyclic) bond motifs is 2. The van der Waals surface area contributed by atoms with E-state index in [9.17, 15) is 9.59 Å². The average molecular weight is 409 g/mol. The molecule has 148 valence electrons. The number of hydrogen-bond donors (Lipinski definition) is 0. The summed E-state index contributed by atoms with van der Waals surface area (Å²) in [6.07, 6.45) is -0.0541. The Morgan fingerprint density at radius 3 is 2.76 bits per heavy atom. The summed E-state index contributed by atoms with van der Waals surface area (Å²) in [7, 11) is 1.68. The summed E-state index contributed by atoms with van der Waals surface area (Å²) in [4.78, 5) is 30.8. The number of amides is 1. The van der Waals surface area contributed by atoms with Crippen LogP contribution in [-0.2, 0) is 20.7 Å². The van der Waals surface area contributed by atoms with Gasteiger partial charge in [-0.1, -0.05) is 29.4 Å². The number of ether oxygens (including phenoxy) is 1. The van der Waals surface area contributed by atoms with Gasteiger partial charge < -0.3 is 14.2 Å². The molecule has 0 saturated carbocycles. The van der Waals surface area contributed by atoms with Crippen LogP contribution < -0.4 is 0 Å². The molecule has 0 aliphatic carbocycles. The van der Waals surface area contributed by atoms with Gasteiger partial charge in [-0.05, 0) is 31.2 Å². The Bertz CT molecular complexity index is 1150. The molecule has 0 spiro atoms. The minimum Gasteiger partial charge on any atom is -0.455 e. The Labute approximate surface area is 170 Å². The van der Waals surface area contributed by atoms with Crippen molar-refractivity contribution < 1.29 is 18.8 Å². The number of esters is 1. The first-order valence-corrected chi connectivity index (χ1v) is 9.94. The fourth-order valence-corrected chi connectivity index (χ4v) is 4.01. The number of hydrogen-bond acceptors (Lipinski definition) is 7. The van der Waals surface area contributed by atoms with Gasteiger partial charge in [-0.3, -0.25) is 9.59 Å². The van der Waals surface area contributed by atoms with Gasteiger partial charge in [0.25, 0.3) is 5.91 Å². The van der Waals surface area contributed by atoms with Crippen LogP contribution in [0, 0.1) is 0 Å². The van der Waals surface area contributed by atoms with E-state index in [0.29, 0.717) is 11.3 Å². The number of rotatable bonds is 6. The van der Waals surface area contributed by atoms with Crippen LogP contribution in [0.3, 0.4) is 0 Å². The second-order valence-corrected chi connectivity index (χ2v) is 7.73. The SMILES string of the molecule is C[C@H](c1nc2ccccc2s1)N(C)C(=O)COC(=O)Cc1noc2ccccc12. The van der Waals surface area contributed by atoms with E-state index in [1.54, 1.807) is 24.5 Å². The maximum atomic E-state index is 12.5. The van der Waals surface area contributed by atoms with Crippen molar-refractivity contribution in [2.75, 3.05) is 13.7 Å². The molecule has 2 aromatic heterocycles. The van der Waals surface area contributed by atoms with Crippen LogP contribution in [0.25, 0.3) is 21.2 Å². The Morgan fingerprint density at radius 1 is 1.17 bits per heavy atom. The highest BCUT2D eigenvalue weighted by Crippen LogP contribution is 2.28. The van der Waals surface area contributed by atoms with Crippen LogP contribution in [0.1, 0.15) is 23.7 Å². The molecular formula is C21H19N3O4S. The summed E-state index contributed by atoms with van der Waals surface area (Å²) in [5, 5.41) is 5.51. The van der Waals surface area contributed by atoms with E-state index in [4.69, 9.17) is 9.26 Å². The molecule has 2 heterocycles. The molecule has 4 aromatic rings. The lowest BCUT2D eigenvalue weighted by atomic mass is 10.2. The van der Waals surface area contributed by atoms with E-state index in [-0.39, 0.29) is 25.0 Å². The molecule has 0 radical (unpaired) electrons. The fourth-order valence-electron chi connectivity index (χ4n) is 2.95. The van der Waals surface area contributed by atoms with Crippen molar-refractivity contribution in [2.24, 2.45) is 0 Å². The summed E-state index contributed by atoms with van der Waals surface area (Å²) in [6.45, 7) is 1.57. The van der Waals surface area contributed by atoms with Gasteiger partial charge in [0.15, 0.2) is 12.2 Å². The number of likely N-dealkylation sites (N-methyl/N-ethyl adjacent to an activating group) is 1. The maximum Gasteiger partial charge on any atom is 0.312 e. The van der Waals surface area contributed by atoms with Crippen molar-refractivity contribution in [1.82, 2.24) is 15.0 Å². The van der Waals surface area contributed by atoms with E-state index in [1.807, 2.05) is 49.4 Å². The van der Waals surface area contributed by atoms with E-state index < -0.39 is 5.97 Å². The Morgan fingerprint density at radius 2 is 1.93 bits per heavy atom. The molecule has 0 aliphatic heterocycles. The van der Waals surface area contributed by atoms with E-state index in [1.165, 1.54) is 4.90 Å². The summed E-state index contributed by atoms with van der Waals surface area (Å²) in [5.74, 6) is -0.825. The lowest BCUT2D eigenvalue weighted by Gasteiger charge is -2.23. The lowest BCUT2D eigenvalue weighted by Crippen LogP contribution is -2.33. The van der Waals surface area contributed by atoms with Crippen LogP contribution in [0.15, 0.2) is 53.1 Å². The van der Waals surface area contributed by atoms with Crippen LogP contribution in [0.5, 0.6) is 0 Å². The molecule has 0 saturated heterocycles. The summed E-state index contributed by atoms with van der Waals surface area (Å²) in [6, 6.07) is 14.9. The smallest absolute Gasteiger partial charge is 0.312 e. The van der Waals surface area contributed by atoms with Crippen LogP contribution in [-0.4, -0.2) is 40.6 Å². The third-order valence-electron chi connectivity index (χ3n) is 4.76. The zero-order valence-electron chi connectivity index (χ0n) is 16.0. The van der Waals surface area contributed by atoms with Gasteiger partial charge in [0.2, 0.25) is 0 Å². The molecule has 0 aliphatic rings. The molecule has 1 amide bonds. The molecular weight excluding hydrogens is 390 g/mol. The largest absolute Gasteiger partial charge is 0.455 e. The zero-order valence-corrected chi connectivity index (χ0v) is 16.8. The van der Waals surface area contributed by atoms with Crippen molar-refractivity contribution >= 4 is 44.4 Å². The molecule has 0 unspecified atom stereocenters. The molecule has 0 bridgehead atoms. The highest BCUT2D eigenvalue weighted by molar-refractivity contribution is 7.18. The summed E-state index contributed by atoms with van der Waals surface area (Å²) < 4.78 is 11.4. The summed E-state index contributed by atoms with van der Waals surface area (Å²) in [5.41, 5.74) is 2.01. The van der Waals surface area contributed by atoms with Gasteiger partial charge in [0.05, 0.1) is 22.7 Å². The van der Waals surface area contributed by atoms with E-state index in [0.717, 1.165) is 20.6 Å². The van der Waals surface area contributed by atoms with Gasteiger partial charge in [-0.15, -0.1) is 11.3 Å². The lowest BCUT2D eigenvalue weighted by molar-refractivity contribution is -0.151. The van der Waals surface area contributed by atoms with Gasteiger partial charge in [0.1, 0.15) is 10.7 Å². The van der Waals surface area contributed by atoms with Crippen LogP contribution >= 0.6 is 11.3 Å². The topological polar surface area (TPSA) is 85.5 Å². The van der Waals surface area contributed by atoms with Crippen molar-refractivity contribution in [3.05, 3.63) is 59.2 Å². The monoisotopic (exact) mass is 409 g/mol. The van der Waals surface area contributed by atoms with Gasteiger partial charge >= 0.3 is 5.97 Å². The number of nitrogens with zero attached hydrogens (tertiary/aromatic N) is 3. The Hall–Kier alpha value is -3.26. The fraction of sp³-hybridized carbons (Fsp3) is 0.238. The predicted octanol–water partition coefficient (Wildman–Crippen LogP) is 3.74. The minimum absolute atomic E-state index is 0.0541. The molecule has 2 aromatic carbocycles. The van der Waals surface area contributed by atoms with Gasteiger partial charge in [0, 0.05) is 12.4 Å². The highest BCUT2D eigenvalue weighted by Gasteiger charge is 2.22. The average Bonchev–Trinajstić information content (AvgIpc) is 3.35. The van der Waals surface area contributed by atoms with E-state index >= 15 is 0 Å². The van der Waals surface area contributed by atoms with Crippen molar-refractivity contribution in [2.45, 2.75) is 19.4 Å². The number of carbonyl (C=O) groups is 2. The standard InChI is InChI=1S/C21H19N3O4S/c1-13(21-22-15-8-4-6-10-18(15)29-21)24(2)19(25)12-27-20(26)11-16-14-7-3-5-9-17(14)28-23-16/h3-10,13H,11-12H2,1-2H3/t13-/m1/s1. The van der Waals surface area contributed by atoms with Gasteiger partial charge in [-0.2, -0.15) is 0 Å². The molecule has 0 N–H and O–H groups in total. The molecule has 1 atom stereocenters. The quantitative estimate of drug-likeness (QED) is 0.451. The van der Waals surface area contributed by atoms with Crippen molar-refractivity contribution in [1.29, 1.82) is 0 Å². The number of aromatic nitrogens is 2. The molecule has 29 heavy (non-hydrogen) atoms. The first kappa shape index (κ1) is 19.1. The third kappa shape index (κ3) is 3.97. The second kappa shape index (κ2) is 8.00. The second-order valence-electron chi connectivity index (χ2n) is 6.66. The summed E-state index contributed by atoms with van der Waals surface area (Å²) >= 11 is 1.55. The minimum atomic E-state index is -0.529. The van der Waals surface area contributed by atoms with Crippen molar-refractivity contribution in [3.8, 4) is 0 Å². The number of carbonyl (C=O) groups excluding carboxylic acids is 2. The number of benzene rings is 2. The molecule has 8 heteroatoms.